The second kappa shape index (κ2) is 9.74. The molecule has 0 saturated heterocycles. The molecule has 0 amide bonds. The fourth-order valence-corrected chi connectivity index (χ4v) is 6.20. The zero-order chi connectivity index (χ0) is 12.6. The molecule has 0 fully saturated rings. The van der Waals surface area contributed by atoms with Gasteiger partial charge in [0, 0.05) is 18.7 Å². The third kappa shape index (κ3) is 7.32. The summed E-state index contributed by atoms with van der Waals surface area (Å²) >= 11 is 7.31. The Labute approximate surface area is 140 Å². The second-order valence-corrected chi connectivity index (χ2v) is 6.34. The quantitative estimate of drug-likeness (QED) is 0.181. The Morgan fingerprint density at radius 2 is 1.69 bits per heavy atom. The summed E-state index contributed by atoms with van der Waals surface area (Å²) in [5.41, 5.74) is 1.31. The summed E-state index contributed by atoms with van der Waals surface area (Å²) in [5, 5.41) is 0. The largest absolute Gasteiger partial charge is 0.352 e. The first-order chi connectivity index (χ1) is 7.49. The van der Waals surface area contributed by atoms with E-state index in [0.717, 1.165) is 25.5 Å². The van der Waals surface area contributed by atoms with Crippen molar-refractivity contribution < 1.29 is 9.47 Å². The van der Waals surface area contributed by atoms with Gasteiger partial charge in [-0.15, -0.1) is 0 Å². The Hall–Kier alpha value is 1.85. The summed E-state index contributed by atoms with van der Waals surface area (Å²) in [5.74, 6) is 0. The molecule has 0 N–H and O–H groups in total. The average molecular weight is 564 g/mol. The van der Waals surface area contributed by atoms with Gasteiger partial charge in [0.15, 0.2) is 6.29 Å². The van der Waals surface area contributed by atoms with E-state index in [1.807, 2.05) is 13.8 Å². The van der Waals surface area contributed by atoms with Gasteiger partial charge in [-0.2, -0.15) is 0 Å². The lowest BCUT2D eigenvalue weighted by Crippen LogP contribution is -2.34. The van der Waals surface area contributed by atoms with E-state index in [9.17, 15) is 0 Å². The van der Waals surface area contributed by atoms with E-state index in [4.69, 9.17) is 9.47 Å². The molecule has 0 aromatic heterocycles. The van der Waals surface area contributed by atoms with Crippen molar-refractivity contribution in [3.8, 4) is 0 Å². The van der Waals surface area contributed by atoms with Gasteiger partial charge in [0.05, 0.1) is 13.2 Å². The molecule has 0 aliphatic carbocycles. The van der Waals surface area contributed by atoms with E-state index in [0.29, 0.717) is 6.61 Å². The molecule has 0 aromatic carbocycles. The normalized spacial score (nSPS) is 13.8. The standard InChI is InChI=1S/C11H19I3O2/c1-9(2)4-15-10(3)16-8-11(5-12,6-13)7-14/h10H,1,4-8H2,2-3H3. The lowest BCUT2D eigenvalue weighted by atomic mass is 9.98. The van der Waals surface area contributed by atoms with Gasteiger partial charge >= 0.3 is 0 Å². The van der Waals surface area contributed by atoms with E-state index in [1.54, 1.807) is 0 Å². The second-order valence-electron chi connectivity index (χ2n) is 4.05. The Balaban J connectivity index is 3.96. The fourth-order valence-electron chi connectivity index (χ4n) is 0.825. The minimum absolute atomic E-state index is 0.148. The van der Waals surface area contributed by atoms with Crippen LogP contribution in [0.3, 0.4) is 0 Å². The van der Waals surface area contributed by atoms with Crippen molar-refractivity contribution >= 4 is 67.8 Å². The maximum absolute atomic E-state index is 5.75. The summed E-state index contributed by atoms with van der Waals surface area (Å²) < 4.78 is 14.6. The summed E-state index contributed by atoms with van der Waals surface area (Å²) in [4.78, 5) is 0. The molecule has 16 heavy (non-hydrogen) atoms. The van der Waals surface area contributed by atoms with Crippen molar-refractivity contribution in [1.29, 1.82) is 0 Å². The number of alkyl halides is 3. The van der Waals surface area contributed by atoms with Gasteiger partial charge in [0.2, 0.25) is 0 Å². The van der Waals surface area contributed by atoms with Crippen LogP contribution in [0, 0.1) is 5.41 Å². The molecular formula is C11H19I3O2. The Kier molecular flexibility index (Phi) is 10.9. The first-order valence-electron chi connectivity index (χ1n) is 5.05. The van der Waals surface area contributed by atoms with Crippen molar-refractivity contribution in [2.24, 2.45) is 5.41 Å². The molecule has 1 atom stereocenters. The van der Waals surface area contributed by atoms with Gasteiger partial charge in [-0.3, -0.25) is 0 Å². The highest BCUT2D eigenvalue weighted by Gasteiger charge is 2.27. The molecule has 0 saturated carbocycles. The molecule has 0 aromatic rings. The number of rotatable bonds is 9. The highest BCUT2D eigenvalue weighted by Crippen LogP contribution is 2.27. The van der Waals surface area contributed by atoms with Crippen LogP contribution in [0.5, 0.6) is 0 Å². The molecule has 1 unspecified atom stereocenters. The van der Waals surface area contributed by atoms with Crippen LogP contribution in [0.1, 0.15) is 13.8 Å². The smallest absolute Gasteiger partial charge is 0.155 e. The number of hydrogen-bond donors (Lipinski definition) is 0. The van der Waals surface area contributed by atoms with E-state index in [1.165, 1.54) is 0 Å². The molecule has 0 spiro atoms. The molecule has 96 valence electrons. The Morgan fingerprint density at radius 3 is 2.06 bits per heavy atom. The Morgan fingerprint density at radius 1 is 1.19 bits per heavy atom. The highest BCUT2D eigenvalue weighted by molar-refractivity contribution is 14.1. The molecular weight excluding hydrogens is 545 g/mol. The van der Waals surface area contributed by atoms with Gasteiger partial charge in [0.25, 0.3) is 0 Å². The predicted octanol–water partition coefficient (Wildman–Crippen LogP) is 4.23. The third-order valence-corrected chi connectivity index (χ3v) is 6.89. The predicted molar refractivity (Wildman–Crippen MR) is 95.3 cm³/mol. The SMILES string of the molecule is C=C(C)COC(C)OCC(CI)(CI)CI. The van der Waals surface area contributed by atoms with Crippen LogP contribution < -0.4 is 0 Å². The molecule has 0 aliphatic rings. The van der Waals surface area contributed by atoms with Gasteiger partial charge in [-0.05, 0) is 13.8 Å². The monoisotopic (exact) mass is 564 g/mol. The van der Waals surface area contributed by atoms with Gasteiger partial charge in [0.1, 0.15) is 0 Å². The summed E-state index contributed by atoms with van der Waals surface area (Å²) in [6.45, 7) is 9.04. The molecule has 0 bridgehead atoms. The Bertz CT molecular complexity index is 197. The van der Waals surface area contributed by atoms with Crippen molar-refractivity contribution in [3.05, 3.63) is 12.2 Å². The summed E-state index contributed by atoms with van der Waals surface area (Å²) in [6, 6.07) is 0. The zero-order valence-corrected chi connectivity index (χ0v) is 16.2. The van der Waals surface area contributed by atoms with Gasteiger partial charge < -0.3 is 9.47 Å². The lowest BCUT2D eigenvalue weighted by Gasteiger charge is -2.29. The third-order valence-electron chi connectivity index (χ3n) is 2.04. The summed E-state index contributed by atoms with van der Waals surface area (Å²) in [6.07, 6.45) is -0.148. The minimum atomic E-state index is -0.148. The van der Waals surface area contributed by atoms with Crippen LogP contribution in [-0.4, -0.2) is 32.8 Å². The molecule has 2 nitrogen and oxygen atoms in total. The lowest BCUT2D eigenvalue weighted by molar-refractivity contribution is -0.137. The van der Waals surface area contributed by atoms with Crippen LogP contribution in [0.2, 0.25) is 0 Å². The van der Waals surface area contributed by atoms with Gasteiger partial charge in [-0.1, -0.05) is 79.9 Å². The van der Waals surface area contributed by atoms with Crippen molar-refractivity contribution in [2.75, 3.05) is 26.5 Å². The van der Waals surface area contributed by atoms with Gasteiger partial charge in [-0.25, -0.2) is 0 Å². The fraction of sp³-hybridized carbons (Fsp3) is 0.818. The number of ether oxygens (including phenoxy) is 2. The molecule has 0 rings (SSSR count). The topological polar surface area (TPSA) is 18.5 Å². The van der Waals surface area contributed by atoms with Crippen molar-refractivity contribution in [1.82, 2.24) is 0 Å². The van der Waals surface area contributed by atoms with E-state index >= 15 is 0 Å². The highest BCUT2D eigenvalue weighted by atomic mass is 127. The zero-order valence-electron chi connectivity index (χ0n) is 9.77. The minimum Gasteiger partial charge on any atom is -0.352 e. The van der Waals surface area contributed by atoms with E-state index in [-0.39, 0.29) is 11.7 Å². The average Bonchev–Trinajstić information content (AvgIpc) is 2.29. The molecule has 5 heteroatoms. The maximum atomic E-state index is 5.75. The maximum Gasteiger partial charge on any atom is 0.155 e. The first-order valence-corrected chi connectivity index (χ1v) is 9.63. The van der Waals surface area contributed by atoms with E-state index < -0.39 is 0 Å². The molecule has 0 aliphatic heterocycles. The number of halogens is 3. The van der Waals surface area contributed by atoms with Crippen molar-refractivity contribution in [3.63, 3.8) is 0 Å². The summed E-state index contributed by atoms with van der Waals surface area (Å²) in [7, 11) is 0. The number of hydrogen-bond acceptors (Lipinski definition) is 2. The van der Waals surface area contributed by atoms with Crippen LogP contribution in [0.25, 0.3) is 0 Å². The van der Waals surface area contributed by atoms with Crippen LogP contribution in [0.15, 0.2) is 12.2 Å². The first kappa shape index (κ1) is 17.8. The van der Waals surface area contributed by atoms with Crippen LogP contribution in [-0.2, 0) is 9.47 Å². The van der Waals surface area contributed by atoms with Crippen LogP contribution >= 0.6 is 67.8 Å². The molecule has 0 heterocycles. The van der Waals surface area contributed by atoms with Crippen molar-refractivity contribution in [2.45, 2.75) is 20.1 Å². The van der Waals surface area contributed by atoms with E-state index in [2.05, 4.69) is 74.4 Å². The van der Waals surface area contributed by atoms with Crippen LogP contribution in [0.4, 0.5) is 0 Å². The molecule has 0 radical (unpaired) electrons.